The summed E-state index contributed by atoms with van der Waals surface area (Å²) in [5.41, 5.74) is 11.6. The third kappa shape index (κ3) is 10.1. The van der Waals surface area contributed by atoms with E-state index in [1.165, 1.54) is 43.0 Å². The predicted molar refractivity (Wildman–Crippen MR) is 126 cm³/mol. The average molecular weight is 498 g/mol. The Kier molecular flexibility index (Phi) is 11.9. The van der Waals surface area contributed by atoms with Crippen molar-refractivity contribution in [3.8, 4) is 5.75 Å². The second kappa shape index (κ2) is 14.1. The van der Waals surface area contributed by atoms with Crippen LogP contribution in [-0.4, -0.2) is 76.0 Å². The summed E-state index contributed by atoms with van der Waals surface area (Å²) >= 11 is 1.49. The second-order valence-corrected chi connectivity index (χ2v) is 8.61. The largest absolute Gasteiger partial charge is 0.508 e. The summed E-state index contributed by atoms with van der Waals surface area (Å²) in [6.07, 6.45) is 1.59. The van der Waals surface area contributed by atoms with Gasteiger partial charge in [0.15, 0.2) is 0 Å². The number of nitrogens with two attached hydrogens (primary N) is 2. The van der Waals surface area contributed by atoms with E-state index in [-0.39, 0.29) is 12.2 Å². The fraction of sp³-hybridized carbons (Fsp3) is 0.476. The number of carbonyl (C=O) groups excluding carboxylic acids is 4. The van der Waals surface area contributed by atoms with Crippen LogP contribution >= 0.6 is 11.8 Å². The molecule has 34 heavy (non-hydrogen) atoms. The Morgan fingerprint density at radius 3 is 2.06 bits per heavy atom. The molecule has 0 bridgehead atoms. The molecule has 12 nitrogen and oxygen atoms in total. The number of primary amides is 1. The number of carboxylic acid groups (broad SMARTS) is 1. The lowest BCUT2D eigenvalue weighted by Crippen LogP contribution is -2.58. The highest BCUT2D eigenvalue weighted by atomic mass is 32.2. The van der Waals surface area contributed by atoms with Crippen molar-refractivity contribution in [2.75, 3.05) is 12.0 Å². The molecule has 0 aliphatic rings. The topological polar surface area (TPSA) is 214 Å². The van der Waals surface area contributed by atoms with Gasteiger partial charge < -0.3 is 37.6 Å². The summed E-state index contributed by atoms with van der Waals surface area (Å²) in [6.45, 7) is 1.26. The van der Waals surface area contributed by atoms with Crippen molar-refractivity contribution in [3.05, 3.63) is 29.8 Å². The van der Waals surface area contributed by atoms with Gasteiger partial charge in [0.2, 0.25) is 23.6 Å². The maximum atomic E-state index is 12.9. The molecule has 188 valence electrons. The Labute approximate surface area is 201 Å². The Hall–Kier alpha value is -3.32. The van der Waals surface area contributed by atoms with Gasteiger partial charge in [-0.3, -0.25) is 24.0 Å². The third-order valence-electron chi connectivity index (χ3n) is 4.75. The number of nitrogens with one attached hydrogen (secondary N) is 3. The van der Waals surface area contributed by atoms with Gasteiger partial charge in [0.25, 0.3) is 0 Å². The van der Waals surface area contributed by atoms with Crippen LogP contribution in [0.3, 0.4) is 0 Å². The van der Waals surface area contributed by atoms with E-state index < -0.39 is 60.2 Å². The van der Waals surface area contributed by atoms with Gasteiger partial charge in [-0.2, -0.15) is 11.8 Å². The van der Waals surface area contributed by atoms with Crippen molar-refractivity contribution >= 4 is 41.4 Å². The minimum Gasteiger partial charge on any atom is -0.508 e. The fourth-order valence-electron chi connectivity index (χ4n) is 2.79. The SMILES string of the molecule is CSCCC(N)C(=O)NC(CC(N)=O)C(=O)NC(Cc1ccc(O)cc1)C(=O)NC(C)C(=O)O. The highest BCUT2D eigenvalue weighted by molar-refractivity contribution is 7.98. The molecule has 0 saturated carbocycles. The zero-order valence-electron chi connectivity index (χ0n) is 18.9. The standard InChI is InChI=1S/C21H31N5O7S/c1-11(21(32)33)24-19(30)15(9-12-3-5-13(27)6-4-12)26-20(31)16(10-17(23)28)25-18(29)14(22)7-8-34-2/h3-6,11,14-16,27H,7-10,22H2,1-2H3,(H2,23,28)(H,24,30)(H,25,29)(H,26,31)(H,32,33). The van der Waals surface area contributed by atoms with Gasteiger partial charge in [-0.05, 0) is 43.0 Å². The molecule has 0 aliphatic heterocycles. The van der Waals surface area contributed by atoms with Gasteiger partial charge in [-0.25, -0.2) is 0 Å². The molecule has 13 heteroatoms. The van der Waals surface area contributed by atoms with Crippen molar-refractivity contribution in [2.45, 2.75) is 50.4 Å². The molecule has 4 atom stereocenters. The smallest absolute Gasteiger partial charge is 0.325 e. The van der Waals surface area contributed by atoms with E-state index in [2.05, 4.69) is 16.0 Å². The second-order valence-electron chi connectivity index (χ2n) is 7.62. The number of carboxylic acids is 1. The first-order valence-corrected chi connectivity index (χ1v) is 11.8. The van der Waals surface area contributed by atoms with Crippen LogP contribution in [0.25, 0.3) is 0 Å². The molecule has 0 radical (unpaired) electrons. The fourth-order valence-corrected chi connectivity index (χ4v) is 3.28. The number of phenols is 1. The zero-order chi connectivity index (χ0) is 25.8. The summed E-state index contributed by atoms with van der Waals surface area (Å²) in [4.78, 5) is 60.6. The van der Waals surface area contributed by atoms with Gasteiger partial charge in [0.05, 0.1) is 12.5 Å². The first-order valence-electron chi connectivity index (χ1n) is 10.4. The number of rotatable bonds is 14. The summed E-state index contributed by atoms with van der Waals surface area (Å²) in [5, 5.41) is 25.6. The number of amides is 4. The maximum absolute atomic E-state index is 12.9. The number of aromatic hydroxyl groups is 1. The van der Waals surface area contributed by atoms with Gasteiger partial charge in [0, 0.05) is 6.42 Å². The first-order chi connectivity index (χ1) is 15.9. The molecular formula is C21H31N5O7S. The van der Waals surface area contributed by atoms with Gasteiger partial charge in [0.1, 0.15) is 23.9 Å². The lowest BCUT2D eigenvalue weighted by atomic mass is 10.0. The van der Waals surface area contributed by atoms with Crippen molar-refractivity contribution in [2.24, 2.45) is 11.5 Å². The van der Waals surface area contributed by atoms with Gasteiger partial charge >= 0.3 is 5.97 Å². The molecule has 4 amide bonds. The minimum atomic E-state index is -1.39. The Morgan fingerprint density at radius 2 is 1.53 bits per heavy atom. The molecule has 1 rings (SSSR count). The highest BCUT2D eigenvalue weighted by Gasteiger charge is 2.30. The Bertz CT molecular complexity index is 881. The van der Waals surface area contributed by atoms with Crippen LogP contribution in [-0.2, 0) is 30.4 Å². The number of thioether (sulfide) groups is 1. The van der Waals surface area contributed by atoms with Crippen LogP contribution in [0.5, 0.6) is 5.75 Å². The number of aliphatic carboxylic acids is 1. The lowest BCUT2D eigenvalue weighted by Gasteiger charge is -2.24. The molecule has 0 spiro atoms. The number of hydrogen-bond acceptors (Lipinski definition) is 8. The van der Waals surface area contributed by atoms with E-state index in [1.54, 1.807) is 0 Å². The molecule has 0 fully saturated rings. The zero-order valence-corrected chi connectivity index (χ0v) is 19.8. The molecule has 0 aliphatic carbocycles. The number of hydrogen-bond donors (Lipinski definition) is 7. The Balaban J connectivity index is 3.06. The molecule has 9 N–H and O–H groups in total. The summed E-state index contributed by atoms with van der Waals surface area (Å²) in [7, 11) is 0. The van der Waals surface area contributed by atoms with E-state index in [4.69, 9.17) is 16.6 Å². The van der Waals surface area contributed by atoms with E-state index in [0.29, 0.717) is 17.7 Å². The quantitative estimate of drug-likeness (QED) is 0.158. The monoisotopic (exact) mass is 497 g/mol. The minimum absolute atomic E-state index is 0.00432. The summed E-state index contributed by atoms with van der Waals surface area (Å²) in [5.74, 6) is -3.86. The van der Waals surface area contributed by atoms with Crippen LogP contribution in [0.15, 0.2) is 24.3 Å². The molecule has 1 aromatic carbocycles. The third-order valence-corrected chi connectivity index (χ3v) is 5.39. The van der Waals surface area contributed by atoms with Crippen LogP contribution < -0.4 is 27.4 Å². The molecular weight excluding hydrogens is 466 g/mol. The van der Waals surface area contributed by atoms with Crippen molar-refractivity contribution in [1.29, 1.82) is 0 Å². The predicted octanol–water partition coefficient (Wildman–Crippen LogP) is -1.55. The highest BCUT2D eigenvalue weighted by Crippen LogP contribution is 2.12. The molecule has 0 saturated heterocycles. The molecule has 0 heterocycles. The van der Waals surface area contributed by atoms with Crippen LogP contribution in [0, 0.1) is 0 Å². The van der Waals surface area contributed by atoms with Crippen molar-refractivity contribution < 1.29 is 34.2 Å². The van der Waals surface area contributed by atoms with Crippen LogP contribution in [0.2, 0.25) is 0 Å². The van der Waals surface area contributed by atoms with E-state index in [0.717, 1.165) is 0 Å². The Morgan fingerprint density at radius 1 is 0.971 bits per heavy atom. The number of carbonyl (C=O) groups is 5. The number of phenolic OH excluding ortho intramolecular Hbond substituents is 1. The normalized spacial score (nSPS) is 14.2. The number of benzene rings is 1. The van der Waals surface area contributed by atoms with E-state index in [1.807, 2.05) is 6.26 Å². The van der Waals surface area contributed by atoms with Crippen molar-refractivity contribution in [3.63, 3.8) is 0 Å². The van der Waals surface area contributed by atoms with Crippen LogP contribution in [0.1, 0.15) is 25.3 Å². The van der Waals surface area contributed by atoms with Gasteiger partial charge in [-0.15, -0.1) is 0 Å². The van der Waals surface area contributed by atoms with Crippen LogP contribution in [0.4, 0.5) is 0 Å². The van der Waals surface area contributed by atoms with E-state index in [9.17, 15) is 29.1 Å². The molecule has 4 unspecified atom stereocenters. The molecule has 0 aromatic heterocycles. The average Bonchev–Trinajstić information content (AvgIpc) is 2.77. The van der Waals surface area contributed by atoms with Gasteiger partial charge in [-0.1, -0.05) is 12.1 Å². The summed E-state index contributed by atoms with van der Waals surface area (Å²) < 4.78 is 0. The first kappa shape index (κ1) is 28.7. The lowest BCUT2D eigenvalue weighted by molar-refractivity contribution is -0.142. The van der Waals surface area contributed by atoms with E-state index >= 15 is 0 Å². The maximum Gasteiger partial charge on any atom is 0.325 e. The summed E-state index contributed by atoms with van der Waals surface area (Å²) in [6, 6.07) is 1.03. The van der Waals surface area contributed by atoms with Crippen molar-refractivity contribution in [1.82, 2.24) is 16.0 Å². The molecule has 1 aromatic rings.